The number of fused-ring (bicyclic) bond motifs is 1. The number of sulfonamides is 1. The summed E-state index contributed by atoms with van der Waals surface area (Å²) >= 11 is 1.54. The summed E-state index contributed by atoms with van der Waals surface area (Å²) < 4.78 is 29.6. The van der Waals surface area contributed by atoms with Crippen LogP contribution in [0.15, 0.2) is 53.4 Å². The number of nitrogens with zero attached hydrogens (tertiary/aromatic N) is 3. The summed E-state index contributed by atoms with van der Waals surface area (Å²) in [7, 11) is -3.53. The van der Waals surface area contributed by atoms with Crippen molar-refractivity contribution in [2.24, 2.45) is 0 Å². The van der Waals surface area contributed by atoms with Crippen LogP contribution in [0.4, 0.5) is 0 Å². The minimum absolute atomic E-state index is 0.299. The van der Waals surface area contributed by atoms with Crippen molar-refractivity contribution in [2.45, 2.75) is 32.1 Å². The van der Waals surface area contributed by atoms with Gasteiger partial charge in [0.25, 0.3) is 0 Å². The molecule has 2 heterocycles. The molecule has 0 atom stereocenters. The van der Waals surface area contributed by atoms with Crippen LogP contribution in [0.3, 0.4) is 0 Å². The lowest BCUT2D eigenvalue weighted by molar-refractivity contribution is 0.581. The molecule has 2 aromatic heterocycles. The molecule has 0 unspecified atom stereocenters. The van der Waals surface area contributed by atoms with Crippen LogP contribution in [0, 0.1) is 20.8 Å². The molecule has 0 aliphatic carbocycles. The second-order valence-electron chi connectivity index (χ2n) is 7.00. The zero-order valence-corrected chi connectivity index (χ0v) is 18.1. The van der Waals surface area contributed by atoms with Gasteiger partial charge in [-0.3, -0.25) is 0 Å². The third-order valence-electron chi connectivity index (χ3n) is 4.98. The highest BCUT2D eigenvalue weighted by Crippen LogP contribution is 2.25. The number of thiazole rings is 1. The zero-order valence-electron chi connectivity index (χ0n) is 16.5. The number of aromatic nitrogens is 3. The highest BCUT2D eigenvalue weighted by atomic mass is 32.2. The quantitative estimate of drug-likeness (QED) is 0.507. The molecule has 0 saturated carbocycles. The van der Waals surface area contributed by atoms with Gasteiger partial charge in [-0.05, 0) is 50.5 Å². The maximum absolute atomic E-state index is 12.6. The number of benzene rings is 2. The van der Waals surface area contributed by atoms with E-state index in [9.17, 15) is 8.42 Å². The predicted molar refractivity (Wildman–Crippen MR) is 116 cm³/mol. The molecular formula is C21H22N4O2S2. The van der Waals surface area contributed by atoms with E-state index in [0.717, 1.165) is 32.2 Å². The molecule has 1 N–H and O–H groups in total. The Morgan fingerprint density at radius 3 is 2.48 bits per heavy atom. The minimum Gasteiger partial charge on any atom is -0.211 e. The van der Waals surface area contributed by atoms with E-state index in [2.05, 4.69) is 14.8 Å². The van der Waals surface area contributed by atoms with E-state index in [-0.39, 0.29) is 0 Å². The Labute approximate surface area is 174 Å². The van der Waals surface area contributed by atoms with Gasteiger partial charge in [-0.25, -0.2) is 17.7 Å². The number of nitrogens with one attached hydrogen (secondary N) is 1. The van der Waals surface area contributed by atoms with Gasteiger partial charge in [-0.15, -0.1) is 5.10 Å². The van der Waals surface area contributed by atoms with Crippen LogP contribution in [0.5, 0.6) is 0 Å². The van der Waals surface area contributed by atoms with Crippen molar-refractivity contribution in [2.75, 3.05) is 6.54 Å². The van der Waals surface area contributed by atoms with E-state index >= 15 is 0 Å². The number of aryl methyl sites for hydroxylation is 3. The first-order chi connectivity index (χ1) is 13.8. The third-order valence-corrected chi connectivity index (χ3v) is 7.63. The fourth-order valence-electron chi connectivity index (χ4n) is 3.09. The fraction of sp³-hybridized carbons (Fsp3) is 0.238. The van der Waals surface area contributed by atoms with Crippen molar-refractivity contribution in [1.82, 2.24) is 19.3 Å². The molecule has 0 amide bonds. The Morgan fingerprint density at radius 2 is 1.79 bits per heavy atom. The minimum atomic E-state index is -3.53. The predicted octanol–water partition coefficient (Wildman–Crippen LogP) is 3.90. The van der Waals surface area contributed by atoms with E-state index in [4.69, 9.17) is 0 Å². The molecule has 0 radical (unpaired) electrons. The van der Waals surface area contributed by atoms with Gasteiger partial charge in [0.05, 0.1) is 10.6 Å². The zero-order chi connectivity index (χ0) is 20.6. The molecule has 0 bridgehead atoms. The van der Waals surface area contributed by atoms with Gasteiger partial charge in [0, 0.05) is 17.0 Å². The summed E-state index contributed by atoms with van der Waals surface area (Å²) in [5.74, 6) is 0.696. The van der Waals surface area contributed by atoms with Crippen LogP contribution in [0.1, 0.15) is 21.7 Å². The molecule has 0 spiro atoms. The summed E-state index contributed by atoms with van der Waals surface area (Å²) in [6, 6.07) is 15.0. The Kier molecular flexibility index (Phi) is 5.24. The van der Waals surface area contributed by atoms with Crippen molar-refractivity contribution in [3.63, 3.8) is 0 Å². The summed E-state index contributed by atoms with van der Waals surface area (Å²) in [6.45, 7) is 6.19. The highest BCUT2D eigenvalue weighted by molar-refractivity contribution is 7.89. The number of hydrogen-bond acceptors (Lipinski definition) is 5. The molecule has 4 rings (SSSR count). The first-order valence-electron chi connectivity index (χ1n) is 9.32. The van der Waals surface area contributed by atoms with Crippen molar-refractivity contribution in [3.05, 3.63) is 70.2 Å². The first-order valence-corrected chi connectivity index (χ1v) is 11.6. The van der Waals surface area contributed by atoms with Gasteiger partial charge >= 0.3 is 0 Å². The number of hydrogen-bond donors (Lipinski definition) is 1. The van der Waals surface area contributed by atoms with Gasteiger partial charge in [0.2, 0.25) is 15.0 Å². The van der Waals surface area contributed by atoms with Crippen LogP contribution >= 0.6 is 11.3 Å². The van der Waals surface area contributed by atoms with E-state index in [1.54, 1.807) is 23.5 Å². The molecule has 8 heteroatoms. The van der Waals surface area contributed by atoms with Gasteiger partial charge in [0.15, 0.2) is 5.82 Å². The second-order valence-corrected chi connectivity index (χ2v) is 9.83. The van der Waals surface area contributed by atoms with Crippen molar-refractivity contribution in [1.29, 1.82) is 0 Å². The van der Waals surface area contributed by atoms with Crippen molar-refractivity contribution >= 4 is 26.3 Å². The second kappa shape index (κ2) is 7.70. The average Bonchev–Trinajstić information content (AvgIpc) is 3.24. The Bertz CT molecular complexity index is 1280. The van der Waals surface area contributed by atoms with Crippen molar-refractivity contribution in [3.8, 4) is 11.4 Å². The highest BCUT2D eigenvalue weighted by Gasteiger charge is 2.17. The van der Waals surface area contributed by atoms with Crippen LogP contribution in [0.2, 0.25) is 0 Å². The maximum Gasteiger partial charge on any atom is 0.240 e. The Morgan fingerprint density at radius 1 is 1.03 bits per heavy atom. The molecular weight excluding hydrogens is 404 g/mol. The summed E-state index contributed by atoms with van der Waals surface area (Å²) in [4.78, 5) is 6.80. The molecule has 2 aromatic carbocycles. The maximum atomic E-state index is 12.6. The van der Waals surface area contributed by atoms with Gasteiger partial charge in [-0.1, -0.05) is 47.7 Å². The SMILES string of the molecule is Cc1ccc(S(=O)(=O)NCCc2sc3nc(-c4ccccc4)nn3c2C)cc1C. The smallest absolute Gasteiger partial charge is 0.211 e. The molecule has 0 saturated heterocycles. The van der Waals surface area contributed by atoms with E-state index in [0.29, 0.717) is 23.7 Å². The van der Waals surface area contributed by atoms with Crippen LogP contribution in [0.25, 0.3) is 16.3 Å². The summed E-state index contributed by atoms with van der Waals surface area (Å²) in [5.41, 5.74) is 4.00. The Balaban J connectivity index is 1.48. The lowest BCUT2D eigenvalue weighted by atomic mass is 10.1. The van der Waals surface area contributed by atoms with Crippen LogP contribution in [-0.2, 0) is 16.4 Å². The summed E-state index contributed by atoms with van der Waals surface area (Å²) in [6.07, 6.45) is 0.590. The topological polar surface area (TPSA) is 76.4 Å². The largest absolute Gasteiger partial charge is 0.240 e. The van der Waals surface area contributed by atoms with Gasteiger partial charge < -0.3 is 0 Å². The number of rotatable bonds is 6. The normalized spacial score (nSPS) is 12.0. The van der Waals surface area contributed by atoms with Gasteiger partial charge in [-0.2, -0.15) is 4.98 Å². The standard InChI is InChI=1S/C21H22N4O2S2/c1-14-9-10-18(13-15(14)2)29(26,27)22-12-11-19-16(3)25-21(28-19)23-20(24-25)17-7-5-4-6-8-17/h4-10,13,22H,11-12H2,1-3H3. The Hall–Kier alpha value is -2.55. The molecule has 6 nitrogen and oxygen atoms in total. The van der Waals surface area contributed by atoms with E-state index in [1.165, 1.54) is 0 Å². The monoisotopic (exact) mass is 426 g/mol. The van der Waals surface area contributed by atoms with E-state index < -0.39 is 10.0 Å². The summed E-state index contributed by atoms with van der Waals surface area (Å²) in [5, 5.41) is 4.60. The molecule has 4 aromatic rings. The average molecular weight is 427 g/mol. The molecule has 150 valence electrons. The fourth-order valence-corrected chi connectivity index (χ4v) is 5.26. The molecule has 0 fully saturated rings. The first kappa shape index (κ1) is 19.8. The van der Waals surface area contributed by atoms with Crippen LogP contribution in [-0.4, -0.2) is 29.6 Å². The van der Waals surface area contributed by atoms with Gasteiger partial charge in [0.1, 0.15) is 0 Å². The third kappa shape index (κ3) is 3.96. The molecule has 0 aliphatic rings. The van der Waals surface area contributed by atoms with E-state index in [1.807, 2.05) is 61.7 Å². The lowest BCUT2D eigenvalue weighted by Crippen LogP contribution is -2.26. The molecule has 0 aliphatic heterocycles. The van der Waals surface area contributed by atoms with Crippen LogP contribution < -0.4 is 4.72 Å². The lowest BCUT2D eigenvalue weighted by Gasteiger charge is -2.08. The van der Waals surface area contributed by atoms with Crippen molar-refractivity contribution < 1.29 is 8.42 Å². The molecule has 29 heavy (non-hydrogen) atoms.